The van der Waals surface area contributed by atoms with Crippen molar-refractivity contribution in [3.05, 3.63) is 70.0 Å². The smallest absolute Gasteiger partial charge is 0.271 e. The van der Waals surface area contributed by atoms with Gasteiger partial charge in [-0.3, -0.25) is 9.59 Å². The molecule has 1 aromatic heterocycles. The first-order valence-corrected chi connectivity index (χ1v) is 7.56. The van der Waals surface area contributed by atoms with E-state index in [1.54, 1.807) is 24.3 Å². The Hall–Kier alpha value is -3.61. The Bertz CT molecular complexity index is 1060. The number of aromatic amines is 1. The van der Waals surface area contributed by atoms with Crippen molar-refractivity contribution in [2.45, 2.75) is 0 Å². The molecule has 25 heavy (non-hydrogen) atoms. The minimum atomic E-state index is -0.410. The molecule has 0 unspecified atom stereocenters. The molecule has 1 aliphatic rings. The van der Waals surface area contributed by atoms with Gasteiger partial charge in [0.2, 0.25) is 6.79 Å². The molecule has 7 heteroatoms. The average Bonchev–Trinajstić information content (AvgIpc) is 3.09. The Balaban J connectivity index is 1.52. The monoisotopic (exact) mass is 335 g/mol. The summed E-state index contributed by atoms with van der Waals surface area (Å²) in [6, 6.07) is 14.0. The first-order valence-electron chi connectivity index (χ1n) is 7.56. The number of carbonyl (C=O) groups is 1. The molecule has 1 aliphatic heterocycles. The van der Waals surface area contributed by atoms with Crippen LogP contribution in [0.4, 0.5) is 0 Å². The van der Waals surface area contributed by atoms with Gasteiger partial charge in [0.15, 0.2) is 11.5 Å². The number of aromatic nitrogens is 1. The maximum atomic E-state index is 12.1. The second kappa shape index (κ2) is 6.12. The fraction of sp³-hybridized carbons (Fsp3) is 0.0556. The van der Waals surface area contributed by atoms with Crippen LogP contribution in [0.1, 0.15) is 15.9 Å². The molecule has 2 N–H and O–H groups in total. The van der Waals surface area contributed by atoms with Gasteiger partial charge >= 0.3 is 0 Å². The summed E-state index contributed by atoms with van der Waals surface area (Å²) in [4.78, 5) is 26.9. The van der Waals surface area contributed by atoms with Crippen molar-refractivity contribution in [1.82, 2.24) is 10.4 Å². The second-order valence-electron chi connectivity index (χ2n) is 5.41. The standard InChI is InChI=1S/C18H13N3O4/c22-17-13(7-11-3-1-2-4-14(11)20-17)9-19-21-18(23)12-5-6-15-16(8-12)25-10-24-15/h1-9H,10H2,(H,20,22)(H,21,23)/b19-9+. The number of hydrogen-bond acceptors (Lipinski definition) is 5. The van der Waals surface area contributed by atoms with Crippen LogP contribution in [0.25, 0.3) is 10.9 Å². The number of pyridine rings is 1. The molecule has 124 valence electrons. The number of para-hydroxylation sites is 1. The van der Waals surface area contributed by atoms with E-state index < -0.39 is 5.91 Å². The van der Waals surface area contributed by atoms with E-state index in [1.165, 1.54) is 6.21 Å². The normalized spacial score (nSPS) is 12.6. The van der Waals surface area contributed by atoms with Crippen molar-refractivity contribution in [3.8, 4) is 11.5 Å². The maximum absolute atomic E-state index is 12.1. The second-order valence-corrected chi connectivity index (χ2v) is 5.41. The Kier molecular flexibility index (Phi) is 3.66. The van der Waals surface area contributed by atoms with E-state index in [0.29, 0.717) is 22.6 Å². The van der Waals surface area contributed by atoms with Crippen molar-refractivity contribution in [2.24, 2.45) is 5.10 Å². The van der Waals surface area contributed by atoms with Crippen LogP contribution in [0.15, 0.2) is 58.4 Å². The number of amides is 1. The van der Waals surface area contributed by atoms with Crippen LogP contribution in [-0.4, -0.2) is 23.9 Å². The van der Waals surface area contributed by atoms with Gasteiger partial charge in [0.05, 0.1) is 11.8 Å². The van der Waals surface area contributed by atoms with E-state index in [2.05, 4.69) is 15.5 Å². The van der Waals surface area contributed by atoms with Crippen LogP contribution in [0.5, 0.6) is 11.5 Å². The van der Waals surface area contributed by atoms with Crippen LogP contribution >= 0.6 is 0 Å². The highest BCUT2D eigenvalue weighted by Crippen LogP contribution is 2.32. The molecule has 2 heterocycles. The molecule has 2 aromatic carbocycles. The number of benzene rings is 2. The number of H-pyrrole nitrogens is 1. The minimum Gasteiger partial charge on any atom is -0.454 e. The summed E-state index contributed by atoms with van der Waals surface area (Å²) in [6.45, 7) is 0.142. The Morgan fingerprint density at radius 2 is 1.96 bits per heavy atom. The molecule has 0 atom stereocenters. The molecule has 0 saturated heterocycles. The molecule has 0 bridgehead atoms. The van der Waals surface area contributed by atoms with E-state index in [4.69, 9.17) is 9.47 Å². The van der Waals surface area contributed by atoms with Crippen molar-refractivity contribution in [3.63, 3.8) is 0 Å². The summed E-state index contributed by atoms with van der Waals surface area (Å²) < 4.78 is 10.4. The Labute approximate surface area is 141 Å². The minimum absolute atomic E-state index is 0.142. The summed E-state index contributed by atoms with van der Waals surface area (Å²) >= 11 is 0. The Morgan fingerprint density at radius 3 is 2.88 bits per heavy atom. The molecule has 7 nitrogen and oxygen atoms in total. The summed E-state index contributed by atoms with van der Waals surface area (Å²) in [6.07, 6.45) is 1.32. The highest BCUT2D eigenvalue weighted by molar-refractivity contribution is 5.96. The lowest BCUT2D eigenvalue weighted by molar-refractivity contribution is 0.0954. The van der Waals surface area contributed by atoms with Crippen LogP contribution in [0.3, 0.4) is 0 Å². The SMILES string of the molecule is O=C(N/N=C/c1cc2ccccc2[nH]c1=O)c1ccc2c(c1)OCO2. The quantitative estimate of drug-likeness (QED) is 0.566. The molecule has 0 fully saturated rings. The van der Waals surface area contributed by atoms with Crippen molar-refractivity contribution in [2.75, 3.05) is 6.79 Å². The lowest BCUT2D eigenvalue weighted by Crippen LogP contribution is -2.19. The van der Waals surface area contributed by atoms with Crippen molar-refractivity contribution >= 4 is 23.0 Å². The van der Waals surface area contributed by atoms with Crippen LogP contribution < -0.4 is 20.5 Å². The van der Waals surface area contributed by atoms with E-state index in [0.717, 1.165) is 10.9 Å². The third kappa shape index (κ3) is 2.94. The molecular weight excluding hydrogens is 322 g/mol. The third-order valence-electron chi connectivity index (χ3n) is 3.79. The average molecular weight is 335 g/mol. The van der Waals surface area contributed by atoms with E-state index >= 15 is 0 Å². The van der Waals surface area contributed by atoms with Gasteiger partial charge in [-0.2, -0.15) is 5.10 Å². The highest BCUT2D eigenvalue weighted by atomic mass is 16.7. The number of nitrogens with one attached hydrogen (secondary N) is 2. The highest BCUT2D eigenvalue weighted by Gasteiger charge is 2.15. The van der Waals surface area contributed by atoms with Crippen LogP contribution in [0.2, 0.25) is 0 Å². The molecule has 0 radical (unpaired) electrons. The lowest BCUT2D eigenvalue weighted by Gasteiger charge is -2.02. The zero-order valence-corrected chi connectivity index (χ0v) is 13.0. The topological polar surface area (TPSA) is 92.8 Å². The maximum Gasteiger partial charge on any atom is 0.271 e. The van der Waals surface area contributed by atoms with Gasteiger partial charge in [0.25, 0.3) is 11.5 Å². The molecule has 0 aliphatic carbocycles. The zero-order valence-electron chi connectivity index (χ0n) is 13.0. The van der Waals surface area contributed by atoms with Gasteiger partial charge in [0, 0.05) is 11.1 Å². The first-order chi connectivity index (χ1) is 12.2. The first kappa shape index (κ1) is 14.9. The van der Waals surface area contributed by atoms with Gasteiger partial charge in [-0.25, -0.2) is 5.43 Å². The van der Waals surface area contributed by atoms with Crippen LogP contribution in [-0.2, 0) is 0 Å². The number of nitrogens with zero attached hydrogens (tertiary/aromatic N) is 1. The van der Waals surface area contributed by atoms with Gasteiger partial charge < -0.3 is 14.5 Å². The molecule has 1 amide bonds. The van der Waals surface area contributed by atoms with Gasteiger partial charge in [-0.15, -0.1) is 0 Å². The van der Waals surface area contributed by atoms with E-state index in [9.17, 15) is 9.59 Å². The Morgan fingerprint density at radius 1 is 1.12 bits per heavy atom. The van der Waals surface area contributed by atoms with Gasteiger partial charge in [-0.05, 0) is 35.7 Å². The van der Waals surface area contributed by atoms with E-state index in [1.807, 2.05) is 24.3 Å². The summed E-state index contributed by atoms with van der Waals surface area (Å²) in [5.41, 5.74) is 3.60. The largest absolute Gasteiger partial charge is 0.454 e. The summed E-state index contributed by atoms with van der Waals surface area (Å²) in [5, 5.41) is 4.74. The lowest BCUT2D eigenvalue weighted by atomic mass is 10.2. The number of fused-ring (bicyclic) bond motifs is 2. The molecule has 3 aromatic rings. The molecule has 0 spiro atoms. The molecular formula is C18H13N3O4. The zero-order chi connectivity index (χ0) is 17.2. The number of carbonyl (C=O) groups excluding carboxylic acids is 1. The predicted octanol–water partition coefficient (Wildman–Crippen LogP) is 2.02. The fourth-order valence-corrected chi connectivity index (χ4v) is 2.52. The molecule has 4 rings (SSSR count). The fourth-order valence-electron chi connectivity index (χ4n) is 2.52. The van der Waals surface area contributed by atoms with Crippen molar-refractivity contribution < 1.29 is 14.3 Å². The number of hydrazone groups is 1. The van der Waals surface area contributed by atoms with Crippen LogP contribution in [0, 0.1) is 0 Å². The number of ether oxygens (including phenoxy) is 2. The summed E-state index contributed by atoms with van der Waals surface area (Å²) in [7, 11) is 0. The van der Waals surface area contributed by atoms with Gasteiger partial charge in [0.1, 0.15) is 0 Å². The third-order valence-corrected chi connectivity index (χ3v) is 3.79. The molecule has 0 saturated carbocycles. The summed E-state index contributed by atoms with van der Waals surface area (Å²) in [5.74, 6) is 0.706. The van der Waals surface area contributed by atoms with Crippen molar-refractivity contribution in [1.29, 1.82) is 0 Å². The van der Waals surface area contributed by atoms with Gasteiger partial charge in [-0.1, -0.05) is 18.2 Å². The predicted molar refractivity (Wildman–Crippen MR) is 92.2 cm³/mol. The number of hydrogen-bond donors (Lipinski definition) is 2. The number of rotatable bonds is 3. The van der Waals surface area contributed by atoms with E-state index in [-0.39, 0.29) is 12.4 Å².